The molecule has 1 aromatic rings. The Morgan fingerprint density at radius 1 is 1.38 bits per heavy atom. The lowest BCUT2D eigenvalue weighted by molar-refractivity contribution is 0.101. The maximum atomic E-state index is 11.4. The largest absolute Gasteiger partial charge is 0.507 e. The molecule has 0 saturated carbocycles. The van der Waals surface area contributed by atoms with Crippen LogP contribution in [0.2, 0.25) is 0 Å². The van der Waals surface area contributed by atoms with E-state index in [9.17, 15) is 9.90 Å². The molecule has 0 amide bonds. The summed E-state index contributed by atoms with van der Waals surface area (Å²) in [5.74, 6) is 0.406. The van der Waals surface area contributed by atoms with Crippen LogP contribution in [0.25, 0.3) is 0 Å². The molecule has 0 radical (unpaired) electrons. The Labute approximate surface area is 97.3 Å². The van der Waals surface area contributed by atoms with Crippen molar-refractivity contribution in [2.24, 2.45) is 0 Å². The van der Waals surface area contributed by atoms with Crippen LogP contribution in [-0.2, 0) is 6.42 Å². The number of hydrogen-bond donors (Lipinski definition) is 1. The molecule has 0 aliphatic carbocycles. The summed E-state index contributed by atoms with van der Waals surface area (Å²) in [7, 11) is 0. The fourth-order valence-electron chi connectivity index (χ4n) is 1.95. The highest BCUT2D eigenvalue weighted by atomic mass is 16.3. The van der Waals surface area contributed by atoms with Crippen molar-refractivity contribution in [3.05, 3.63) is 28.8 Å². The predicted octanol–water partition coefficient (Wildman–Crippen LogP) is 3.67. The number of phenols is 1. The molecule has 0 aliphatic heterocycles. The number of hydrogen-bond acceptors (Lipinski definition) is 2. The van der Waals surface area contributed by atoms with Crippen molar-refractivity contribution >= 4 is 5.78 Å². The highest BCUT2D eigenvalue weighted by Gasteiger charge is 2.13. The molecule has 0 fully saturated rings. The molecule has 0 aromatic heterocycles. The second-order valence-corrected chi connectivity index (χ2v) is 4.53. The number of benzene rings is 1. The molecule has 1 rings (SSSR count). The first kappa shape index (κ1) is 12.8. The van der Waals surface area contributed by atoms with Crippen LogP contribution >= 0.6 is 0 Å². The normalized spacial score (nSPS) is 10.8. The lowest BCUT2D eigenvalue weighted by Crippen LogP contribution is -2.01. The fraction of sp³-hybridized carbons (Fsp3) is 0.500. The third kappa shape index (κ3) is 2.63. The van der Waals surface area contributed by atoms with Gasteiger partial charge in [0.05, 0.1) is 5.56 Å². The van der Waals surface area contributed by atoms with Gasteiger partial charge >= 0.3 is 0 Å². The molecule has 2 nitrogen and oxygen atoms in total. The maximum absolute atomic E-state index is 11.4. The van der Waals surface area contributed by atoms with E-state index in [1.54, 1.807) is 6.07 Å². The smallest absolute Gasteiger partial charge is 0.163 e. The number of ketones is 1. The van der Waals surface area contributed by atoms with Crippen LogP contribution < -0.4 is 0 Å². The summed E-state index contributed by atoms with van der Waals surface area (Å²) >= 11 is 0. The van der Waals surface area contributed by atoms with Crippen molar-refractivity contribution in [2.75, 3.05) is 0 Å². The summed E-state index contributed by atoms with van der Waals surface area (Å²) in [4.78, 5) is 11.4. The van der Waals surface area contributed by atoms with Gasteiger partial charge in [-0.1, -0.05) is 27.2 Å². The molecule has 2 heteroatoms. The van der Waals surface area contributed by atoms with Crippen molar-refractivity contribution in [2.45, 2.75) is 46.5 Å². The van der Waals surface area contributed by atoms with Gasteiger partial charge in [-0.3, -0.25) is 4.79 Å². The van der Waals surface area contributed by atoms with Gasteiger partial charge in [-0.2, -0.15) is 0 Å². The number of carbonyl (C=O) groups is 1. The SMILES string of the molecule is CCCc1cc(O)c(C(C)=O)cc1C(C)C. The van der Waals surface area contributed by atoms with Gasteiger partial charge in [0, 0.05) is 0 Å². The molecule has 0 saturated heterocycles. The molecule has 0 bridgehead atoms. The van der Waals surface area contributed by atoms with E-state index in [0.29, 0.717) is 11.5 Å². The van der Waals surface area contributed by atoms with Gasteiger partial charge in [-0.05, 0) is 42.5 Å². The monoisotopic (exact) mass is 220 g/mol. The van der Waals surface area contributed by atoms with E-state index in [1.807, 2.05) is 6.07 Å². The minimum Gasteiger partial charge on any atom is -0.507 e. The van der Waals surface area contributed by atoms with Crippen LogP contribution in [0.1, 0.15) is 61.5 Å². The van der Waals surface area contributed by atoms with E-state index in [0.717, 1.165) is 18.4 Å². The average Bonchev–Trinajstić information content (AvgIpc) is 2.17. The summed E-state index contributed by atoms with van der Waals surface area (Å²) in [6.45, 7) is 7.81. The molecule has 1 N–H and O–H groups in total. The Bertz CT molecular complexity index is 392. The van der Waals surface area contributed by atoms with Crippen LogP contribution in [0.4, 0.5) is 0 Å². The molecular formula is C14H20O2. The molecule has 0 aliphatic rings. The number of aromatic hydroxyl groups is 1. The Morgan fingerprint density at radius 3 is 2.44 bits per heavy atom. The highest BCUT2D eigenvalue weighted by Crippen LogP contribution is 2.28. The summed E-state index contributed by atoms with van der Waals surface area (Å²) in [5.41, 5.74) is 2.76. The highest BCUT2D eigenvalue weighted by molar-refractivity contribution is 5.97. The first-order chi connectivity index (χ1) is 7.47. The predicted molar refractivity (Wildman–Crippen MR) is 66.2 cm³/mol. The van der Waals surface area contributed by atoms with E-state index >= 15 is 0 Å². The lowest BCUT2D eigenvalue weighted by Gasteiger charge is -2.14. The quantitative estimate of drug-likeness (QED) is 0.786. The number of rotatable bonds is 4. The van der Waals surface area contributed by atoms with E-state index in [2.05, 4.69) is 20.8 Å². The number of phenolic OH excluding ortho intramolecular Hbond substituents is 1. The van der Waals surface area contributed by atoms with E-state index in [-0.39, 0.29) is 11.5 Å². The zero-order valence-corrected chi connectivity index (χ0v) is 10.5. The number of Topliss-reactive ketones (excluding diaryl/α,β-unsaturated/α-hetero) is 1. The van der Waals surface area contributed by atoms with Gasteiger partial charge in [0.15, 0.2) is 5.78 Å². The standard InChI is InChI=1S/C14H20O2/c1-5-6-11-7-14(16)13(10(4)15)8-12(11)9(2)3/h7-9,16H,5-6H2,1-4H3. The van der Waals surface area contributed by atoms with Crippen molar-refractivity contribution in [1.29, 1.82) is 0 Å². The van der Waals surface area contributed by atoms with Crippen molar-refractivity contribution in [3.63, 3.8) is 0 Å². The molecule has 0 unspecified atom stereocenters. The number of carbonyl (C=O) groups excluding carboxylic acids is 1. The molecule has 1 aromatic carbocycles. The van der Waals surface area contributed by atoms with Crippen LogP contribution in [0, 0.1) is 0 Å². The summed E-state index contributed by atoms with van der Waals surface area (Å²) in [6.07, 6.45) is 1.98. The Kier molecular flexibility index (Phi) is 4.11. The van der Waals surface area contributed by atoms with Crippen molar-refractivity contribution in [3.8, 4) is 5.75 Å². The second kappa shape index (κ2) is 5.15. The third-order valence-corrected chi connectivity index (χ3v) is 2.78. The Morgan fingerprint density at radius 2 is 2.00 bits per heavy atom. The third-order valence-electron chi connectivity index (χ3n) is 2.78. The first-order valence-corrected chi connectivity index (χ1v) is 5.84. The van der Waals surface area contributed by atoms with Crippen LogP contribution in [0.15, 0.2) is 12.1 Å². The lowest BCUT2D eigenvalue weighted by atomic mass is 9.91. The molecule has 88 valence electrons. The molecular weight excluding hydrogens is 200 g/mol. The Hall–Kier alpha value is -1.31. The van der Waals surface area contributed by atoms with Gasteiger partial charge in [0.1, 0.15) is 5.75 Å². The van der Waals surface area contributed by atoms with E-state index in [1.165, 1.54) is 12.5 Å². The minimum atomic E-state index is -0.0811. The van der Waals surface area contributed by atoms with E-state index in [4.69, 9.17) is 0 Å². The second-order valence-electron chi connectivity index (χ2n) is 4.53. The topological polar surface area (TPSA) is 37.3 Å². The van der Waals surface area contributed by atoms with Crippen molar-refractivity contribution in [1.82, 2.24) is 0 Å². The van der Waals surface area contributed by atoms with Gasteiger partial charge in [0.2, 0.25) is 0 Å². The van der Waals surface area contributed by atoms with Crippen LogP contribution in [0.3, 0.4) is 0 Å². The zero-order chi connectivity index (χ0) is 12.3. The summed E-state index contributed by atoms with van der Waals surface area (Å²) < 4.78 is 0. The molecule has 0 spiro atoms. The van der Waals surface area contributed by atoms with Crippen LogP contribution in [0.5, 0.6) is 5.75 Å². The zero-order valence-electron chi connectivity index (χ0n) is 10.5. The van der Waals surface area contributed by atoms with E-state index < -0.39 is 0 Å². The van der Waals surface area contributed by atoms with Gasteiger partial charge in [-0.15, -0.1) is 0 Å². The van der Waals surface area contributed by atoms with Gasteiger partial charge in [-0.25, -0.2) is 0 Å². The molecule has 0 atom stereocenters. The van der Waals surface area contributed by atoms with Gasteiger partial charge < -0.3 is 5.11 Å². The van der Waals surface area contributed by atoms with Crippen LogP contribution in [-0.4, -0.2) is 10.9 Å². The van der Waals surface area contributed by atoms with Gasteiger partial charge in [0.25, 0.3) is 0 Å². The van der Waals surface area contributed by atoms with Crippen molar-refractivity contribution < 1.29 is 9.90 Å². The molecule has 0 heterocycles. The summed E-state index contributed by atoms with van der Waals surface area (Å²) in [6, 6.07) is 3.59. The minimum absolute atomic E-state index is 0.0811. The molecule has 16 heavy (non-hydrogen) atoms. The first-order valence-electron chi connectivity index (χ1n) is 5.84. The number of aryl methyl sites for hydroxylation is 1. The fourth-order valence-corrected chi connectivity index (χ4v) is 1.95. The Balaban J connectivity index is 3.31. The summed E-state index contributed by atoms with van der Waals surface area (Å²) in [5, 5.41) is 9.77. The maximum Gasteiger partial charge on any atom is 0.163 e. The average molecular weight is 220 g/mol.